The molecule has 21 heavy (non-hydrogen) atoms. The predicted molar refractivity (Wildman–Crippen MR) is 87.1 cm³/mol. The SMILES string of the molecule is CCS(=O)(=O)c1ccccc1NC(C)c1cccc(N)c1. The molecular weight excluding hydrogens is 284 g/mol. The fourth-order valence-electron chi connectivity index (χ4n) is 2.16. The summed E-state index contributed by atoms with van der Waals surface area (Å²) in [4.78, 5) is 0.336. The molecule has 3 N–H and O–H groups in total. The van der Waals surface area contributed by atoms with Gasteiger partial charge in [0, 0.05) is 11.7 Å². The third-order valence-electron chi connectivity index (χ3n) is 3.38. The van der Waals surface area contributed by atoms with E-state index in [4.69, 9.17) is 5.73 Å². The molecule has 0 radical (unpaired) electrons. The Morgan fingerprint density at radius 2 is 1.86 bits per heavy atom. The highest BCUT2D eigenvalue weighted by atomic mass is 32.2. The van der Waals surface area contributed by atoms with Gasteiger partial charge >= 0.3 is 0 Å². The summed E-state index contributed by atoms with van der Waals surface area (Å²) in [6.07, 6.45) is 0. The van der Waals surface area contributed by atoms with E-state index in [2.05, 4.69) is 5.32 Å². The van der Waals surface area contributed by atoms with Crippen LogP contribution in [0.4, 0.5) is 11.4 Å². The molecule has 0 amide bonds. The van der Waals surface area contributed by atoms with Crippen molar-refractivity contribution in [3.8, 4) is 0 Å². The second kappa shape index (κ2) is 6.18. The Morgan fingerprint density at radius 1 is 1.14 bits per heavy atom. The lowest BCUT2D eigenvalue weighted by molar-refractivity contribution is 0.597. The van der Waals surface area contributed by atoms with E-state index in [-0.39, 0.29) is 11.8 Å². The molecule has 0 aliphatic heterocycles. The number of anilines is 2. The number of para-hydroxylation sites is 1. The average molecular weight is 304 g/mol. The Balaban J connectivity index is 2.32. The van der Waals surface area contributed by atoms with Crippen molar-refractivity contribution < 1.29 is 8.42 Å². The summed E-state index contributed by atoms with van der Waals surface area (Å²) in [5, 5.41) is 3.26. The topological polar surface area (TPSA) is 72.2 Å². The molecule has 0 fully saturated rings. The fraction of sp³-hybridized carbons (Fsp3) is 0.250. The molecule has 0 aliphatic carbocycles. The van der Waals surface area contributed by atoms with Crippen molar-refractivity contribution in [1.29, 1.82) is 0 Å². The Morgan fingerprint density at radius 3 is 2.52 bits per heavy atom. The minimum absolute atomic E-state index is 0.0401. The van der Waals surface area contributed by atoms with Crippen LogP contribution in [0.2, 0.25) is 0 Å². The smallest absolute Gasteiger partial charge is 0.180 e. The maximum atomic E-state index is 12.1. The highest BCUT2D eigenvalue weighted by molar-refractivity contribution is 7.91. The minimum Gasteiger partial charge on any atom is -0.399 e. The van der Waals surface area contributed by atoms with Crippen LogP contribution in [-0.2, 0) is 9.84 Å². The molecule has 5 heteroatoms. The molecule has 0 heterocycles. The number of benzene rings is 2. The van der Waals surface area contributed by atoms with Crippen LogP contribution in [0.25, 0.3) is 0 Å². The molecule has 4 nitrogen and oxygen atoms in total. The number of rotatable bonds is 5. The first kappa shape index (κ1) is 15.4. The maximum Gasteiger partial charge on any atom is 0.180 e. The van der Waals surface area contributed by atoms with Crippen LogP contribution in [0.15, 0.2) is 53.4 Å². The molecule has 1 atom stereocenters. The van der Waals surface area contributed by atoms with E-state index in [0.29, 0.717) is 16.3 Å². The van der Waals surface area contributed by atoms with E-state index in [1.165, 1.54) is 0 Å². The second-order valence-corrected chi connectivity index (χ2v) is 7.18. The van der Waals surface area contributed by atoms with Gasteiger partial charge in [0.25, 0.3) is 0 Å². The van der Waals surface area contributed by atoms with Gasteiger partial charge < -0.3 is 11.1 Å². The number of hydrogen-bond donors (Lipinski definition) is 2. The standard InChI is InChI=1S/C16H20N2O2S/c1-3-21(19,20)16-10-5-4-9-15(16)18-12(2)13-7-6-8-14(17)11-13/h4-12,18H,3,17H2,1-2H3. The van der Waals surface area contributed by atoms with Crippen LogP contribution in [0, 0.1) is 0 Å². The zero-order valence-corrected chi connectivity index (χ0v) is 13.0. The summed E-state index contributed by atoms with van der Waals surface area (Å²) in [6.45, 7) is 3.62. The minimum atomic E-state index is -3.25. The van der Waals surface area contributed by atoms with Crippen LogP contribution in [-0.4, -0.2) is 14.2 Å². The van der Waals surface area contributed by atoms with Gasteiger partial charge in [-0.3, -0.25) is 0 Å². The van der Waals surface area contributed by atoms with Gasteiger partial charge in [-0.25, -0.2) is 8.42 Å². The van der Waals surface area contributed by atoms with Crippen molar-refractivity contribution in [2.24, 2.45) is 0 Å². The molecular formula is C16H20N2O2S. The van der Waals surface area contributed by atoms with Gasteiger partial charge in [0.2, 0.25) is 0 Å². The quantitative estimate of drug-likeness (QED) is 0.832. The summed E-state index contributed by atoms with van der Waals surface area (Å²) >= 11 is 0. The third kappa shape index (κ3) is 3.55. The molecule has 1 unspecified atom stereocenters. The monoisotopic (exact) mass is 304 g/mol. The maximum absolute atomic E-state index is 12.1. The molecule has 2 aromatic rings. The summed E-state index contributed by atoms with van der Waals surface area (Å²) in [7, 11) is -3.25. The van der Waals surface area contributed by atoms with Crippen molar-refractivity contribution in [3.05, 3.63) is 54.1 Å². The lowest BCUT2D eigenvalue weighted by Crippen LogP contribution is -2.12. The molecule has 0 spiro atoms. The van der Waals surface area contributed by atoms with Crippen LogP contribution in [0.1, 0.15) is 25.5 Å². The number of nitrogen functional groups attached to an aromatic ring is 1. The Hall–Kier alpha value is -2.01. The number of nitrogens with two attached hydrogens (primary N) is 1. The Bertz CT molecular complexity index is 727. The molecule has 0 aliphatic rings. The van der Waals surface area contributed by atoms with Gasteiger partial charge in [0.1, 0.15) is 0 Å². The summed E-state index contributed by atoms with van der Waals surface area (Å²) in [5.41, 5.74) is 8.11. The average Bonchev–Trinajstić information content (AvgIpc) is 2.47. The summed E-state index contributed by atoms with van der Waals surface area (Å²) in [6, 6.07) is 14.5. The van der Waals surface area contributed by atoms with Gasteiger partial charge in [-0.2, -0.15) is 0 Å². The predicted octanol–water partition coefficient (Wildman–Crippen LogP) is 3.24. The van der Waals surface area contributed by atoms with Crippen molar-refractivity contribution in [2.75, 3.05) is 16.8 Å². The molecule has 2 aromatic carbocycles. The lowest BCUT2D eigenvalue weighted by Gasteiger charge is -2.18. The van der Waals surface area contributed by atoms with Crippen LogP contribution in [0.5, 0.6) is 0 Å². The number of sulfone groups is 1. The first-order valence-electron chi connectivity index (χ1n) is 6.88. The van der Waals surface area contributed by atoms with Gasteiger partial charge in [-0.05, 0) is 36.8 Å². The van der Waals surface area contributed by atoms with E-state index in [9.17, 15) is 8.42 Å². The van der Waals surface area contributed by atoms with Crippen LogP contribution < -0.4 is 11.1 Å². The van der Waals surface area contributed by atoms with E-state index < -0.39 is 9.84 Å². The Labute approximate surface area is 125 Å². The largest absolute Gasteiger partial charge is 0.399 e. The number of hydrogen-bond acceptors (Lipinski definition) is 4. The molecule has 0 aromatic heterocycles. The summed E-state index contributed by atoms with van der Waals surface area (Å²) in [5.74, 6) is 0.0817. The van der Waals surface area contributed by atoms with Crippen LogP contribution in [0.3, 0.4) is 0 Å². The fourth-order valence-corrected chi connectivity index (χ4v) is 3.22. The Kier molecular flexibility index (Phi) is 4.53. The van der Waals surface area contributed by atoms with E-state index >= 15 is 0 Å². The van der Waals surface area contributed by atoms with Crippen molar-refractivity contribution in [3.63, 3.8) is 0 Å². The van der Waals surface area contributed by atoms with Crippen molar-refractivity contribution in [2.45, 2.75) is 24.8 Å². The molecule has 112 valence electrons. The lowest BCUT2D eigenvalue weighted by atomic mass is 10.1. The van der Waals surface area contributed by atoms with Gasteiger partial charge in [-0.1, -0.05) is 31.2 Å². The molecule has 0 saturated carbocycles. The van der Waals surface area contributed by atoms with E-state index in [0.717, 1.165) is 5.56 Å². The zero-order valence-electron chi connectivity index (χ0n) is 12.2. The summed E-state index contributed by atoms with van der Waals surface area (Å²) < 4.78 is 24.3. The van der Waals surface area contributed by atoms with Crippen LogP contribution >= 0.6 is 0 Å². The highest BCUT2D eigenvalue weighted by Crippen LogP contribution is 2.27. The first-order valence-corrected chi connectivity index (χ1v) is 8.53. The van der Waals surface area contributed by atoms with Crippen molar-refractivity contribution in [1.82, 2.24) is 0 Å². The van der Waals surface area contributed by atoms with Gasteiger partial charge in [-0.15, -0.1) is 0 Å². The molecule has 0 bridgehead atoms. The van der Waals surface area contributed by atoms with E-state index in [1.54, 1.807) is 25.1 Å². The normalized spacial score (nSPS) is 12.9. The number of nitrogens with one attached hydrogen (secondary N) is 1. The van der Waals surface area contributed by atoms with Gasteiger partial charge in [0.05, 0.1) is 16.3 Å². The van der Waals surface area contributed by atoms with E-state index in [1.807, 2.05) is 37.3 Å². The third-order valence-corrected chi connectivity index (χ3v) is 5.17. The molecule has 0 saturated heterocycles. The van der Waals surface area contributed by atoms with Crippen molar-refractivity contribution >= 4 is 21.2 Å². The zero-order chi connectivity index (χ0) is 15.5. The second-order valence-electron chi connectivity index (χ2n) is 4.94. The molecule has 2 rings (SSSR count). The van der Waals surface area contributed by atoms with Gasteiger partial charge in [0.15, 0.2) is 9.84 Å². The first-order chi connectivity index (χ1) is 9.94. The highest BCUT2D eigenvalue weighted by Gasteiger charge is 2.17.